The van der Waals surface area contributed by atoms with E-state index in [1.54, 1.807) is 0 Å². The lowest BCUT2D eigenvalue weighted by Crippen LogP contribution is -2.51. The summed E-state index contributed by atoms with van der Waals surface area (Å²) < 4.78 is 11.8. The van der Waals surface area contributed by atoms with Gasteiger partial charge in [0.25, 0.3) is 0 Å². The Balaban J connectivity index is 1.66. The molecule has 1 aliphatic carbocycles. The van der Waals surface area contributed by atoms with Gasteiger partial charge in [0.05, 0.1) is 5.60 Å². The van der Waals surface area contributed by atoms with Crippen molar-refractivity contribution in [3.8, 4) is 0 Å². The summed E-state index contributed by atoms with van der Waals surface area (Å²) >= 11 is 0. The first-order chi connectivity index (χ1) is 10.3. The summed E-state index contributed by atoms with van der Waals surface area (Å²) in [6.07, 6.45) is 11.9. The Kier molecular flexibility index (Phi) is 5.58. The van der Waals surface area contributed by atoms with E-state index in [-0.39, 0.29) is 5.60 Å². The highest BCUT2D eigenvalue weighted by molar-refractivity contribution is 4.95. The average Bonchev–Trinajstić information content (AvgIpc) is 2.54. The first kappa shape index (κ1) is 15.8. The highest BCUT2D eigenvalue weighted by atomic mass is 16.5. The summed E-state index contributed by atoms with van der Waals surface area (Å²) in [7, 11) is 0. The molecule has 2 unspecified atom stereocenters. The van der Waals surface area contributed by atoms with Gasteiger partial charge in [-0.2, -0.15) is 0 Å². The molecule has 0 amide bonds. The zero-order chi connectivity index (χ0) is 14.5. The van der Waals surface area contributed by atoms with E-state index in [0.29, 0.717) is 0 Å². The summed E-state index contributed by atoms with van der Waals surface area (Å²) in [5, 5.41) is 3.86. The molecule has 3 nitrogen and oxygen atoms in total. The van der Waals surface area contributed by atoms with Crippen molar-refractivity contribution in [1.82, 2.24) is 5.32 Å². The van der Waals surface area contributed by atoms with Gasteiger partial charge in [-0.05, 0) is 56.9 Å². The molecule has 0 aromatic rings. The number of hydrogen-bond acceptors (Lipinski definition) is 3. The van der Waals surface area contributed by atoms with Crippen molar-refractivity contribution in [2.75, 3.05) is 26.4 Å². The molecule has 0 radical (unpaired) electrons. The molecular weight excluding hydrogens is 262 g/mol. The molecule has 2 saturated heterocycles. The van der Waals surface area contributed by atoms with Crippen LogP contribution in [0.25, 0.3) is 0 Å². The number of ether oxygens (including phenoxy) is 2. The predicted molar refractivity (Wildman–Crippen MR) is 85.5 cm³/mol. The molecule has 0 bridgehead atoms. The molecular formula is C18H33NO2. The number of rotatable bonds is 4. The van der Waals surface area contributed by atoms with E-state index in [1.165, 1.54) is 44.9 Å². The predicted octanol–water partition coefficient (Wildman–Crippen LogP) is 3.52. The summed E-state index contributed by atoms with van der Waals surface area (Å²) in [6, 6.07) is 0.721. The second-order valence-corrected chi connectivity index (χ2v) is 7.38. The van der Waals surface area contributed by atoms with Gasteiger partial charge < -0.3 is 14.8 Å². The molecule has 3 heteroatoms. The Morgan fingerprint density at radius 3 is 2.48 bits per heavy atom. The SMILES string of the molecule is CCNC(C1CCCCC1)C1CCOC2(CCOCC2)C1. The molecule has 2 atom stereocenters. The molecule has 3 aliphatic rings. The molecule has 3 rings (SSSR count). The van der Waals surface area contributed by atoms with Crippen LogP contribution < -0.4 is 5.32 Å². The van der Waals surface area contributed by atoms with Gasteiger partial charge in [-0.25, -0.2) is 0 Å². The van der Waals surface area contributed by atoms with Crippen molar-refractivity contribution in [1.29, 1.82) is 0 Å². The first-order valence-electron chi connectivity index (χ1n) is 9.28. The average molecular weight is 295 g/mol. The molecule has 0 aromatic heterocycles. The standard InChI is InChI=1S/C18H33NO2/c1-2-19-17(15-6-4-3-5-7-15)16-8-11-21-18(14-16)9-12-20-13-10-18/h15-17,19H,2-14H2,1H3. The third-order valence-corrected chi connectivity index (χ3v) is 6.04. The van der Waals surface area contributed by atoms with Crippen LogP contribution in [0.1, 0.15) is 64.7 Å². The highest BCUT2D eigenvalue weighted by Gasteiger charge is 2.42. The fourth-order valence-electron chi connectivity index (χ4n) is 4.91. The van der Waals surface area contributed by atoms with Crippen LogP contribution >= 0.6 is 0 Å². The second kappa shape index (κ2) is 7.43. The third kappa shape index (κ3) is 3.80. The largest absolute Gasteiger partial charge is 0.381 e. The summed E-state index contributed by atoms with van der Waals surface area (Å²) in [5.74, 6) is 1.71. The van der Waals surface area contributed by atoms with E-state index in [9.17, 15) is 0 Å². The third-order valence-electron chi connectivity index (χ3n) is 6.04. The van der Waals surface area contributed by atoms with Gasteiger partial charge in [0.2, 0.25) is 0 Å². The summed E-state index contributed by atoms with van der Waals surface area (Å²) in [5.41, 5.74) is 0.142. The van der Waals surface area contributed by atoms with Crippen LogP contribution in [-0.2, 0) is 9.47 Å². The van der Waals surface area contributed by atoms with Crippen LogP contribution in [0.2, 0.25) is 0 Å². The molecule has 1 N–H and O–H groups in total. The van der Waals surface area contributed by atoms with E-state index in [0.717, 1.165) is 57.1 Å². The van der Waals surface area contributed by atoms with E-state index in [2.05, 4.69) is 12.2 Å². The van der Waals surface area contributed by atoms with Gasteiger partial charge in [-0.1, -0.05) is 26.2 Å². The molecule has 1 spiro atoms. The molecule has 21 heavy (non-hydrogen) atoms. The monoisotopic (exact) mass is 295 g/mol. The Labute approximate surface area is 130 Å². The van der Waals surface area contributed by atoms with Gasteiger partial charge in [0.1, 0.15) is 0 Å². The van der Waals surface area contributed by atoms with Crippen molar-refractivity contribution in [3.05, 3.63) is 0 Å². The summed E-state index contributed by atoms with van der Waals surface area (Å²) in [6.45, 7) is 6.11. The zero-order valence-electron chi connectivity index (χ0n) is 13.7. The van der Waals surface area contributed by atoms with E-state index >= 15 is 0 Å². The van der Waals surface area contributed by atoms with Gasteiger partial charge in [-0.3, -0.25) is 0 Å². The van der Waals surface area contributed by atoms with E-state index < -0.39 is 0 Å². The molecule has 1 saturated carbocycles. The van der Waals surface area contributed by atoms with Crippen molar-refractivity contribution < 1.29 is 9.47 Å². The maximum Gasteiger partial charge on any atom is 0.0729 e. The molecule has 122 valence electrons. The Hall–Kier alpha value is -0.120. The molecule has 0 aromatic carbocycles. The van der Waals surface area contributed by atoms with Gasteiger partial charge >= 0.3 is 0 Å². The number of nitrogens with one attached hydrogen (secondary N) is 1. The lowest BCUT2D eigenvalue weighted by atomic mass is 9.71. The lowest BCUT2D eigenvalue weighted by Gasteiger charge is -2.47. The van der Waals surface area contributed by atoms with Crippen LogP contribution in [-0.4, -0.2) is 38.0 Å². The Bertz CT molecular complexity index is 303. The second-order valence-electron chi connectivity index (χ2n) is 7.38. The highest BCUT2D eigenvalue weighted by Crippen LogP contribution is 2.41. The lowest BCUT2D eigenvalue weighted by molar-refractivity contribution is -0.152. The van der Waals surface area contributed by atoms with Crippen molar-refractivity contribution >= 4 is 0 Å². The zero-order valence-corrected chi connectivity index (χ0v) is 13.7. The minimum Gasteiger partial charge on any atom is -0.381 e. The molecule has 3 fully saturated rings. The van der Waals surface area contributed by atoms with Gasteiger partial charge in [0, 0.05) is 25.9 Å². The van der Waals surface area contributed by atoms with Crippen molar-refractivity contribution in [2.45, 2.75) is 76.4 Å². The first-order valence-corrected chi connectivity index (χ1v) is 9.28. The molecule has 2 aliphatic heterocycles. The maximum atomic E-state index is 6.24. The van der Waals surface area contributed by atoms with Crippen LogP contribution in [0.4, 0.5) is 0 Å². The van der Waals surface area contributed by atoms with E-state index in [4.69, 9.17) is 9.47 Å². The quantitative estimate of drug-likeness (QED) is 0.861. The maximum absolute atomic E-state index is 6.24. The van der Waals surface area contributed by atoms with Crippen molar-refractivity contribution in [2.24, 2.45) is 11.8 Å². The Morgan fingerprint density at radius 2 is 1.76 bits per heavy atom. The van der Waals surface area contributed by atoms with Crippen LogP contribution in [0.3, 0.4) is 0 Å². The molecule has 2 heterocycles. The van der Waals surface area contributed by atoms with Crippen LogP contribution in [0, 0.1) is 11.8 Å². The summed E-state index contributed by atoms with van der Waals surface area (Å²) in [4.78, 5) is 0. The van der Waals surface area contributed by atoms with Gasteiger partial charge in [-0.15, -0.1) is 0 Å². The normalized spacial score (nSPS) is 32.1. The van der Waals surface area contributed by atoms with Crippen molar-refractivity contribution in [3.63, 3.8) is 0 Å². The fourth-order valence-corrected chi connectivity index (χ4v) is 4.91. The minimum atomic E-state index is 0.142. The van der Waals surface area contributed by atoms with Gasteiger partial charge in [0.15, 0.2) is 0 Å². The van der Waals surface area contributed by atoms with E-state index in [1.807, 2.05) is 0 Å². The topological polar surface area (TPSA) is 30.5 Å². The smallest absolute Gasteiger partial charge is 0.0729 e. The Morgan fingerprint density at radius 1 is 1.00 bits per heavy atom. The fraction of sp³-hybridized carbons (Fsp3) is 1.00. The minimum absolute atomic E-state index is 0.142. The number of hydrogen-bond donors (Lipinski definition) is 1. The van der Waals surface area contributed by atoms with Crippen LogP contribution in [0.5, 0.6) is 0 Å². The van der Waals surface area contributed by atoms with Crippen LogP contribution in [0.15, 0.2) is 0 Å².